The van der Waals surface area contributed by atoms with Gasteiger partial charge in [-0.3, -0.25) is 10.1 Å². The minimum absolute atomic E-state index is 0.0707. The molecule has 1 atom stereocenters. The summed E-state index contributed by atoms with van der Waals surface area (Å²) in [5.41, 5.74) is 1.89. The van der Waals surface area contributed by atoms with Crippen LogP contribution in [-0.4, -0.2) is 41.4 Å². The van der Waals surface area contributed by atoms with Crippen LogP contribution < -0.4 is 5.32 Å². The number of carbonyl (C=O) groups is 1. The highest BCUT2D eigenvalue weighted by molar-refractivity contribution is 7.89. The predicted octanol–water partition coefficient (Wildman–Crippen LogP) is 4.29. The van der Waals surface area contributed by atoms with Gasteiger partial charge in [0, 0.05) is 12.1 Å². The zero-order chi connectivity index (χ0) is 22.9. The molecule has 3 aromatic rings. The van der Waals surface area contributed by atoms with E-state index in [1.165, 1.54) is 15.6 Å². The fourth-order valence-electron chi connectivity index (χ4n) is 3.71. The number of hydrogen-bond acceptors (Lipinski definition) is 6. The zero-order valence-electron chi connectivity index (χ0n) is 18.3. The minimum Gasteiger partial charge on any atom is -0.299 e. The normalized spacial score (nSPS) is 17.4. The van der Waals surface area contributed by atoms with Crippen molar-refractivity contribution in [2.75, 3.05) is 11.9 Å². The van der Waals surface area contributed by atoms with E-state index in [-0.39, 0.29) is 16.2 Å². The average Bonchev–Trinajstić information content (AvgIpc) is 3.44. The lowest BCUT2D eigenvalue weighted by atomic mass is 9.87. The van der Waals surface area contributed by atoms with Crippen LogP contribution in [-0.2, 0) is 20.2 Å². The van der Waals surface area contributed by atoms with Gasteiger partial charge in [0.1, 0.15) is 11.0 Å². The Hall–Kier alpha value is -2.62. The highest BCUT2D eigenvalue weighted by atomic mass is 32.2. The summed E-state index contributed by atoms with van der Waals surface area (Å²) in [6.07, 6.45) is 1.10. The Bertz CT molecular complexity index is 1200. The highest BCUT2D eigenvalue weighted by Gasteiger charge is 2.39. The van der Waals surface area contributed by atoms with Gasteiger partial charge in [-0.25, -0.2) is 8.42 Å². The molecule has 0 spiro atoms. The van der Waals surface area contributed by atoms with Crippen molar-refractivity contribution in [1.82, 2.24) is 14.5 Å². The van der Waals surface area contributed by atoms with Gasteiger partial charge < -0.3 is 0 Å². The van der Waals surface area contributed by atoms with Gasteiger partial charge in [-0.05, 0) is 36.0 Å². The van der Waals surface area contributed by atoms with Gasteiger partial charge in [0.2, 0.25) is 21.1 Å². The van der Waals surface area contributed by atoms with Crippen molar-refractivity contribution in [3.8, 4) is 10.6 Å². The molecule has 1 aliphatic rings. The van der Waals surface area contributed by atoms with E-state index in [0.29, 0.717) is 29.5 Å². The molecule has 1 amide bonds. The summed E-state index contributed by atoms with van der Waals surface area (Å²) in [7, 11) is -3.79. The van der Waals surface area contributed by atoms with Gasteiger partial charge in [0.25, 0.3) is 0 Å². The number of sulfonamides is 1. The van der Waals surface area contributed by atoms with Crippen molar-refractivity contribution >= 4 is 32.4 Å². The van der Waals surface area contributed by atoms with Crippen molar-refractivity contribution in [2.24, 2.45) is 0 Å². The molecule has 0 aliphatic carbocycles. The average molecular weight is 471 g/mol. The number of anilines is 1. The number of aromatic nitrogens is 2. The third-order valence-electron chi connectivity index (χ3n) is 5.51. The van der Waals surface area contributed by atoms with E-state index in [0.717, 1.165) is 11.1 Å². The maximum Gasteiger partial charge on any atom is 0.244 e. The van der Waals surface area contributed by atoms with Crippen LogP contribution in [0.4, 0.5) is 5.13 Å². The van der Waals surface area contributed by atoms with Crippen LogP contribution in [0.15, 0.2) is 59.5 Å². The molecule has 1 unspecified atom stereocenters. The van der Waals surface area contributed by atoms with Crippen LogP contribution in [0.2, 0.25) is 0 Å². The van der Waals surface area contributed by atoms with Gasteiger partial charge in [0.05, 0.1) is 4.90 Å². The van der Waals surface area contributed by atoms with Crippen molar-refractivity contribution in [3.63, 3.8) is 0 Å². The molecular formula is C23H26N4O3S2. The maximum absolute atomic E-state index is 13.3. The predicted molar refractivity (Wildman–Crippen MR) is 126 cm³/mol. The Morgan fingerprint density at radius 1 is 1.06 bits per heavy atom. The molecule has 2 heterocycles. The Kier molecular flexibility index (Phi) is 6.15. The van der Waals surface area contributed by atoms with Crippen LogP contribution in [0.25, 0.3) is 10.6 Å². The van der Waals surface area contributed by atoms with E-state index >= 15 is 0 Å². The first-order valence-corrected chi connectivity index (χ1v) is 12.7. The number of amides is 1. The van der Waals surface area contributed by atoms with E-state index < -0.39 is 16.1 Å². The molecule has 1 saturated heterocycles. The van der Waals surface area contributed by atoms with Gasteiger partial charge in [-0.1, -0.05) is 74.6 Å². The van der Waals surface area contributed by atoms with E-state index in [1.54, 1.807) is 12.1 Å². The molecule has 1 fully saturated rings. The quantitative estimate of drug-likeness (QED) is 0.600. The molecule has 9 heteroatoms. The summed E-state index contributed by atoms with van der Waals surface area (Å²) < 4.78 is 27.8. The Balaban J connectivity index is 1.50. The molecule has 1 aliphatic heterocycles. The first kappa shape index (κ1) is 22.6. The minimum atomic E-state index is -3.79. The van der Waals surface area contributed by atoms with Crippen LogP contribution >= 0.6 is 11.3 Å². The molecule has 1 N–H and O–H groups in total. The van der Waals surface area contributed by atoms with Gasteiger partial charge in [0.15, 0.2) is 0 Å². The summed E-state index contributed by atoms with van der Waals surface area (Å²) in [6.45, 7) is 6.54. The number of rotatable bonds is 5. The van der Waals surface area contributed by atoms with Crippen LogP contribution in [0.5, 0.6) is 0 Å². The molecule has 0 bridgehead atoms. The maximum atomic E-state index is 13.3. The topological polar surface area (TPSA) is 92.3 Å². The first-order chi connectivity index (χ1) is 15.2. The summed E-state index contributed by atoms with van der Waals surface area (Å²) in [6, 6.07) is 15.7. The molecule has 0 saturated carbocycles. The summed E-state index contributed by atoms with van der Waals surface area (Å²) >= 11 is 1.26. The zero-order valence-corrected chi connectivity index (χ0v) is 19.9. The van der Waals surface area contributed by atoms with Gasteiger partial charge in [-0.15, -0.1) is 10.2 Å². The largest absolute Gasteiger partial charge is 0.299 e. The van der Waals surface area contributed by atoms with Crippen molar-refractivity contribution in [1.29, 1.82) is 0 Å². The fraction of sp³-hybridized carbons (Fsp3) is 0.348. The Morgan fingerprint density at radius 2 is 1.75 bits per heavy atom. The van der Waals surface area contributed by atoms with Crippen molar-refractivity contribution < 1.29 is 13.2 Å². The molecule has 4 rings (SSSR count). The number of nitrogens with zero attached hydrogens (tertiary/aromatic N) is 3. The lowest BCUT2D eigenvalue weighted by molar-refractivity contribution is -0.119. The molecule has 1 aromatic heterocycles. The number of nitrogens with one attached hydrogen (secondary N) is 1. The van der Waals surface area contributed by atoms with Crippen molar-refractivity contribution in [2.45, 2.75) is 50.0 Å². The standard InChI is InChI=1S/C23H26N4O3S2/c1-23(2,3)17-11-13-18(14-12-17)32(29,30)27-15-7-10-19(27)20(28)24-22-26-25-21(31-22)16-8-5-4-6-9-16/h4-6,8-9,11-14,19H,7,10,15H2,1-3H3,(H,24,26,28). The lowest BCUT2D eigenvalue weighted by Crippen LogP contribution is -2.43. The first-order valence-electron chi connectivity index (χ1n) is 10.5. The van der Waals surface area contributed by atoms with E-state index in [4.69, 9.17) is 0 Å². The number of carbonyl (C=O) groups excluding carboxylic acids is 1. The highest BCUT2D eigenvalue weighted by Crippen LogP contribution is 2.30. The second-order valence-electron chi connectivity index (χ2n) is 8.82. The van der Waals surface area contributed by atoms with Crippen molar-refractivity contribution in [3.05, 3.63) is 60.2 Å². The van der Waals surface area contributed by atoms with E-state index in [2.05, 4.69) is 36.3 Å². The van der Waals surface area contributed by atoms with Crippen LogP contribution in [0.1, 0.15) is 39.2 Å². The van der Waals surface area contributed by atoms with E-state index in [1.807, 2.05) is 42.5 Å². The van der Waals surface area contributed by atoms with Gasteiger partial charge >= 0.3 is 0 Å². The number of benzene rings is 2. The monoisotopic (exact) mass is 470 g/mol. The molecule has 0 radical (unpaired) electrons. The summed E-state index contributed by atoms with van der Waals surface area (Å²) in [5, 5.41) is 12.0. The summed E-state index contributed by atoms with van der Waals surface area (Å²) in [5.74, 6) is -0.381. The molecular weight excluding hydrogens is 444 g/mol. The second-order valence-corrected chi connectivity index (χ2v) is 11.7. The van der Waals surface area contributed by atoms with E-state index in [9.17, 15) is 13.2 Å². The lowest BCUT2D eigenvalue weighted by Gasteiger charge is -2.24. The van der Waals surface area contributed by atoms with Crippen LogP contribution in [0, 0.1) is 0 Å². The molecule has 32 heavy (non-hydrogen) atoms. The SMILES string of the molecule is CC(C)(C)c1ccc(S(=O)(=O)N2CCCC2C(=O)Nc2nnc(-c3ccccc3)s2)cc1. The molecule has 2 aromatic carbocycles. The fourth-order valence-corrected chi connectivity index (χ4v) is 6.12. The molecule has 7 nitrogen and oxygen atoms in total. The Morgan fingerprint density at radius 3 is 2.41 bits per heavy atom. The van der Waals surface area contributed by atoms with Gasteiger partial charge in [-0.2, -0.15) is 4.31 Å². The second kappa shape index (κ2) is 8.73. The third-order valence-corrected chi connectivity index (χ3v) is 8.32. The molecule has 168 valence electrons. The van der Waals surface area contributed by atoms with Crippen LogP contribution in [0.3, 0.4) is 0 Å². The summed E-state index contributed by atoms with van der Waals surface area (Å²) in [4.78, 5) is 13.2. The number of hydrogen-bond donors (Lipinski definition) is 1. The Labute approximate surface area is 192 Å². The third kappa shape index (κ3) is 4.60. The smallest absolute Gasteiger partial charge is 0.244 e.